The van der Waals surface area contributed by atoms with Crippen molar-refractivity contribution in [2.75, 3.05) is 18.8 Å². The Bertz CT molecular complexity index is 437. The Labute approximate surface area is 108 Å². The van der Waals surface area contributed by atoms with E-state index in [1.54, 1.807) is 6.20 Å². The van der Waals surface area contributed by atoms with E-state index in [9.17, 15) is 5.11 Å². The predicted octanol–water partition coefficient (Wildman–Crippen LogP) is 1.20. The number of nitrogens with two attached hydrogens (primary N) is 1. The van der Waals surface area contributed by atoms with Gasteiger partial charge in [-0.1, -0.05) is 0 Å². The summed E-state index contributed by atoms with van der Waals surface area (Å²) in [4.78, 5) is 6.52. The first-order chi connectivity index (χ1) is 8.65. The van der Waals surface area contributed by atoms with Gasteiger partial charge < -0.3 is 15.7 Å². The summed E-state index contributed by atoms with van der Waals surface area (Å²) in [6.07, 6.45) is 6.70. The molecular weight excluding hydrogens is 226 g/mol. The minimum atomic E-state index is -0.556. The number of rotatable bonds is 2. The third-order valence-corrected chi connectivity index (χ3v) is 4.36. The molecule has 0 saturated carbocycles. The maximum absolute atomic E-state index is 10.8. The molecule has 0 aliphatic carbocycles. The van der Waals surface area contributed by atoms with Crippen LogP contribution < -0.4 is 5.73 Å². The molecule has 3 rings (SSSR count). The summed E-state index contributed by atoms with van der Waals surface area (Å²) < 4.78 is 0. The molecule has 2 saturated heterocycles. The van der Waals surface area contributed by atoms with Crippen LogP contribution in [0.25, 0.3) is 0 Å². The van der Waals surface area contributed by atoms with Crippen molar-refractivity contribution >= 4 is 5.82 Å². The van der Waals surface area contributed by atoms with Crippen LogP contribution in [-0.2, 0) is 6.42 Å². The average Bonchev–Trinajstić information content (AvgIpc) is 2.75. The van der Waals surface area contributed by atoms with Gasteiger partial charge in [-0.3, -0.25) is 0 Å². The lowest BCUT2D eigenvalue weighted by atomic mass is 9.82. The first-order valence-corrected chi connectivity index (χ1v) is 6.81. The molecule has 4 nitrogen and oxygen atoms in total. The smallest absolute Gasteiger partial charge is 0.123 e. The minimum Gasteiger partial charge on any atom is -0.389 e. The highest BCUT2D eigenvalue weighted by atomic mass is 16.3. The van der Waals surface area contributed by atoms with E-state index in [0.29, 0.717) is 18.3 Å². The Balaban J connectivity index is 1.71. The maximum atomic E-state index is 10.8. The van der Waals surface area contributed by atoms with Crippen molar-refractivity contribution in [1.29, 1.82) is 0 Å². The molecule has 0 spiro atoms. The molecule has 98 valence electrons. The Kier molecular flexibility index (Phi) is 2.99. The largest absolute Gasteiger partial charge is 0.389 e. The van der Waals surface area contributed by atoms with Crippen LogP contribution in [0.3, 0.4) is 0 Å². The lowest BCUT2D eigenvalue weighted by Crippen LogP contribution is -2.48. The molecule has 2 unspecified atom stereocenters. The van der Waals surface area contributed by atoms with Gasteiger partial charge in [0.15, 0.2) is 0 Å². The topological polar surface area (TPSA) is 62.4 Å². The summed E-state index contributed by atoms with van der Waals surface area (Å²) in [6.45, 7) is 2.24. The Morgan fingerprint density at radius 2 is 2.39 bits per heavy atom. The lowest BCUT2D eigenvalue weighted by molar-refractivity contribution is -0.0353. The highest BCUT2D eigenvalue weighted by Gasteiger charge is 2.40. The fourth-order valence-electron chi connectivity index (χ4n) is 3.46. The van der Waals surface area contributed by atoms with E-state index in [2.05, 4.69) is 9.88 Å². The molecule has 2 aliphatic heterocycles. The van der Waals surface area contributed by atoms with Crippen LogP contribution in [0, 0.1) is 0 Å². The summed E-state index contributed by atoms with van der Waals surface area (Å²) in [5.74, 6) is 0.536. The van der Waals surface area contributed by atoms with Crippen molar-refractivity contribution in [1.82, 2.24) is 9.88 Å². The first-order valence-electron chi connectivity index (χ1n) is 6.81. The molecule has 3 heterocycles. The highest BCUT2D eigenvalue weighted by molar-refractivity contribution is 5.32. The molecule has 4 heteroatoms. The molecule has 2 aliphatic rings. The highest BCUT2D eigenvalue weighted by Crippen LogP contribution is 2.35. The summed E-state index contributed by atoms with van der Waals surface area (Å²) in [6, 6.07) is 4.41. The first kappa shape index (κ1) is 11.9. The van der Waals surface area contributed by atoms with Crippen LogP contribution in [-0.4, -0.2) is 39.7 Å². The van der Waals surface area contributed by atoms with Gasteiger partial charge in [0, 0.05) is 25.2 Å². The van der Waals surface area contributed by atoms with E-state index in [1.807, 2.05) is 12.1 Å². The van der Waals surface area contributed by atoms with Crippen LogP contribution in [0.15, 0.2) is 18.3 Å². The van der Waals surface area contributed by atoms with Crippen molar-refractivity contribution in [2.45, 2.75) is 43.7 Å². The molecule has 1 aromatic rings. The molecule has 0 bridgehead atoms. The monoisotopic (exact) mass is 247 g/mol. The summed E-state index contributed by atoms with van der Waals surface area (Å²) >= 11 is 0. The number of nitrogens with zero attached hydrogens (tertiary/aromatic N) is 2. The lowest BCUT2D eigenvalue weighted by Gasteiger charge is -2.41. The summed E-state index contributed by atoms with van der Waals surface area (Å²) in [5.41, 5.74) is 6.23. The third kappa shape index (κ3) is 2.35. The summed E-state index contributed by atoms with van der Waals surface area (Å²) in [7, 11) is 0. The number of pyridine rings is 1. The number of anilines is 1. The average molecular weight is 247 g/mol. The number of piperidine rings is 1. The summed E-state index contributed by atoms with van der Waals surface area (Å²) in [5, 5.41) is 10.8. The van der Waals surface area contributed by atoms with E-state index >= 15 is 0 Å². The molecule has 0 amide bonds. The number of nitrogen functional groups attached to an aromatic ring is 1. The molecule has 0 radical (unpaired) electrons. The molecule has 2 fully saturated rings. The van der Waals surface area contributed by atoms with Crippen molar-refractivity contribution in [3.63, 3.8) is 0 Å². The second-order valence-corrected chi connectivity index (χ2v) is 5.78. The zero-order valence-corrected chi connectivity index (χ0v) is 10.7. The Morgan fingerprint density at radius 1 is 1.50 bits per heavy atom. The van der Waals surface area contributed by atoms with Gasteiger partial charge in [-0.2, -0.15) is 0 Å². The van der Waals surface area contributed by atoms with Crippen LogP contribution in [0.1, 0.15) is 31.2 Å². The van der Waals surface area contributed by atoms with Crippen molar-refractivity contribution in [3.8, 4) is 0 Å². The number of hydrogen-bond donors (Lipinski definition) is 2. The van der Waals surface area contributed by atoms with Crippen LogP contribution in [0.4, 0.5) is 5.82 Å². The van der Waals surface area contributed by atoms with Gasteiger partial charge in [-0.05, 0) is 49.9 Å². The van der Waals surface area contributed by atoms with Crippen LogP contribution >= 0.6 is 0 Å². The quantitative estimate of drug-likeness (QED) is 0.824. The molecule has 0 aromatic carbocycles. The number of aliphatic hydroxyl groups is 1. The van der Waals surface area contributed by atoms with E-state index < -0.39 is 5.60 Å². The van der Waals surface area contributed by atoms with Gasteiger partial charge in [0.2, 0.25) is 0 Å². The standard InChI is InChI=1S/C14H21N3O/c15-13-8-11(3-5-16-13)9-14(18)4-7-17-6-1-2-12(17)10-14/h3,5,8,12,18H,1-2,4,6-7,9-10H2,(H2,15,16). The van der Waals surface area contributed by atoms with E-state index in [1.165, 1.54) is 19.4 Å². The minimum absolute atomic E-state index is 0.536. The van der Waals surface area contributed by atoms with Crippen molar-refractivity contribution < 1.29 is 5.11 Å². The Hall–Kier alpha value is -1.13. The zero-order chi connectivity index (χ0) is 12.6. The molecule has 3 N–H and O–H groups in total. The molecule has 2 atom stereocenters. The van der Waals surface area contributed by atoms with E-state index in [0.717, 1.165) is 24.9 Å². The van der Waals surface area contributed by atoms with Crippen molar-refractivity contribution in [3.05, 3.63) is 23.9 Å². The normalized spacial score (nSPS) is 32.4. The van der Waals surface area contributed by atoms with E-state index in [-0.39, 0.29) is 0 Å². The number of fused-ring (bicyclic) bond motifs is 1. The second kappa shape index (κ2) is 4.52. The SMILES string of the molecule is Nc1cc(CC2(O)CCN3CCCC3C2)ccn1. The second-order valence-electron chi connectivity index (χ2n) is 5.78. The predicted molar refractivity (Wildman–Crippen MR) is 71.1 cm³/mol. The zero-order valence-electron chi connectivity index (χ0n) is 10.7. The molecular formula is C14H21N3O. The van der Waals surface area contributed by atoms with Gasteiger partial charge in [0.05, 0.1) is 5.60 Å². The van der Waals surface area contributed by atoms with Crippen LogP contribution in [0.5, 0.6) is 0 Å². The third-order valence-electron chi connectivity index (χ3n) is 4.36. The molecule has 1 aromatic heterocycles. The van der Waals surface area contributed by atoms with Gasteiger partial charge in [-0.25, -0.2) is 4.98 Å². The fraction of sp³-hybridized carbons (Fsp3) is 0.643. The number of hydrogen-bond acceptors (Lipinski definition) is 4. The van der Waals surface area contributed by atoms with Crippen molar-refractivity contribution in [2.24, 2.45) is 0 Å². The van der Waals surface area contributed by atoms with Gasteiger partial charge >= 0.3 is 0 Å². The van der Waals surface area contributed by atoms with Crippen LogP contribution in [0.2, 0.25) is 0 Å². The van der Waals surface area contributed by atoms with E-state index in [4.69, 9.17) is 5.73 Å². The number of aromatic nitrogens is 1. The Morgan fingerprint density at radius 3 is 3.22 bits per heavy atom. The maximum Gasteiger partial charge on any atom is 0.123 e. The van der Waals surface area contributed by atoms with Gasteiger partial charge in [0.25, 0.3) is 0 Å². The molecule has 18 heavy (non-hydrogen) atoms. The van der Waals surface area contributed by atoms with Gasteiger partial charge in [-0.15, -0.1) is 0 Å². The van der Waals surface area contributed by atoms with Gasteiger partial charge in [0.1, 0.15) is 5.82 Å². The fourth-order valence-corrected chi connectivity index (χ4v) is 3.46.